The largest absolute Gasteiger partial charge is 0.477 e. The van der Waals surface area contributed by atoms with Crippen LogP contribution in [-0.2, 0) is 19.2 Å². The highest BCUT2D eigenvalue weighted by Gasteiger charge is 2.67. The van der Waals surface area contributed by atoms with Crippen LogP contribution in [0, 0.1) is 0 Å². The summed E-state index contributed by atoms with van der Waals surface area (Å²) in [5.74, 6) is -1.08. The second-order valence-corrected chi connectivity index (χ2v) is 5.33. The summed E-state index contributed by atoms with van der Waals surface area (Å²) in [6.45, 7) is 0. The van der Waals surface area contributed by atoms with E-state index < -0.39 is 17.7 Å². The topological polar surface area (TPSA) is 88.5 Å². The molecule has 1 saturated carbocycles. The molecule has 2 fully saturated rings. The minimum Gasteiger partial charge on any atom is -0.477 e. The lowest BCUT2D eigenvalue weighted by atomic mass is 9.81. The lowest BCUT2D eigenvalue weighted by molar-refractivity contribution is -0.129. The summed E-state index contributed by atoms with van der Waals surface area (Å²) in [6.07, 6.45) is -0.206. The maximum atomic E-state index is 11.5. The van der Waals surface area contributed by atoms with Crippen LogP contribution in [0.2, 0.25) is 0 Å². The lowest BCUT2D eigenvalue weighted by Crippen LogP contribution is -2.47. The van der Waals surface area contributed by atoms with Gasteiger partial charge in [0.2, 0.25) is 0 Å². The highest BCUT2D eigenvalue weighted by atomic mass is 79.9. The third kappa shape index (κ3) is 1.24. The molecule has 3 rings (SSSR count). The summed E-state index contributed by atoms with van der Waals surface area (Å²) in [6, 6.07) is 0. The summed E-state index contributed by atoms with van der Waals surface area (Å²) in [5.41, 5.74) is -0.774. The molecule has 1 saturated heterocycles. The van der Waals surface area contributed by atoms with Crippen LogP contribution < -0.4 is 0 Å². The number of carbonyl (C=O) groups is 2. The van der Waals surface area contributed by atoms with E-state index in [4.69, 9.17) is 14.7 Å². The van der Waals surface area contributed by atoms with E-state index in [0.717, 1.165) is 0 Å². The van der Waals surface area contributed by atoms with E-state index in [1.54, 1.807) is 0 Å². The number of ketones is 1. The average Bonchev–Trinajstić information content (AvgIpc) is 2.93. The van der Waals surface area contributed by atoms with Gasteiger partial charge in [0, 0.05) is 12.8 Å². The summed E-state index contributed by atoms with van der Waals surface area (Å²) in [4.78, 5) is 27.2. The molecule has 0 amide bonds. The average molecular weight is 290 g/mol. The molecule has 0 bridgehead atoms. The zero-order chi connectivity index (χ0) is 11.5. The second-order valence-electron chi connectivity index (χ2n) is 4.23. The number of ether oxygens (including phenoxy) is 1. The zero-order valence-corrected chi connectivity index (χ0v) is 9.64. The first-order chi connectivity index (χ1) is 7.53. The maximum Gasteiger partial charge on any atom is 0.353 e. The number of hydrogen-bond donors (Lipinski definition) is 1. The molecule has 0 aromatic carbocycles. The number of carboxylic acid groups (broad SMARTS) is 1. The molecule has 0 aromatic rings. The molecule has 7 heteroatoms. The van der Waals surface area contributed by atoms with Crippen molar-refractivity contribution in [3.05, 3.63) is 0 Å². The second kappa shape index (κ2) is 3.04. The summed E-state index contributed by atoms with van der Waals surface area (Å²) >= 11 is 3.25. The van der Waals surface area contributed by atoms with Crippen LogP contribution in [-0.4, -0.2) is 45.2 Å². The number of nitrogens with zero attached hydrogens (tertiary/aromatic N) is 1. The molecular formula is C9H8BrNO5. The number of halogens is 1. The number of oxime groups is 1. The molecule has 86 valence electrons. The van der Waals surface area contributed by atoms with Crippen molar-refractivity contribution < 1.29 is 24.3 Å². The predicted octanol–water partition coefficient (Wildman–Crippen LogP) is 0.0898. The lowest BCUT2D eigenvalue weighted by Gasteiger charge is -2.29. The highest BCUT2D eigenvalue weighted by molar-refractivity contribution is 9.10. The standard InChI is InChI=1S/C9H8BrNO5/c10-3-1-9(7-6(15-7)5(3)12)2-4(8(13)14)11-16-9/h3,6-7H,1-2H2,(H,13,14)/t3?,6-,7-,9+/m0/s1. The molecule has 1 aliphatic carbocycles. The summed E-state index contributed by atoms with van der Waals surface area (Å²) < 4.78 is 5.26. The van der Waals surface area contributed by atoms with E-state index in [-0.39, 0.29) is 28.8 Å². The maximum absolute atomic E-state index is 11.5. The Morgan fingerprint density at radius 1 is 1.62 bits per heavy atom. The van der Waals surface area contributed by atoms with E-state index in [1.807, 2.05) is 0 Å². The van der Waals surface area contributed by atoms with Crippen molar-refractivity contribution in [1.29, 1.82) is 0 Å². The van der Waals surface area contributed by atoms with Crippen LogP contribution in [0.15, 0.2) is 5.16 Å². The number of epoxide rings is 1. The van der Waals surface area contributed by atoms with Crippen molar-refractivity contribution in [3.8, 4) is 0 Å². The first-order valence-corrected chi connectivity index (χ1v) is 5.77. The normalized spacial score (nSPS) is 44.9. The van der Waals surface area contributed by atoms with Crippen LogP contribution >= 0.6 is 15.9 Å². The molecule has 0 aromatic heterocycles. The Balaban J connectivity index is 1.83. The molecule has 1 spiro atoms. The predicted molar refractivity (Wildman–Crippen MR) is 54.5 cm³/mol. The Labute approximate surface area is 98.7 Å². The number of alkyl halides is 1. The molecule has 3 aliphatic rings. The third-order valence-corrected chi connectivity index (χ3v) is 3.95. The van der Waals surface area contributed by atoms with Crippen LogP contribution in [0.3, 0.4) is 0 Å². The monoisotopic (exact) mass is 289 g/mol. The van der Waals surface area contributed by atoms with E-state index >= 15 is 0 Å². The SMILES string of the molecule is O=C(O)C1=NO[C@@]2(C1)CC(Br)C(=O)[C@@H]1O[C@@H]12. The van der Waals surface area contributed by atoms with Gasteiger partial charge in [-0.15, -0.1) is 0 Å². The van der Waals surface area contributed by atoms with Gasteiger partial charge in [-0.1, -0.05) is 21.1 Å². The van der Waals surface area contributed by atoms with Gasteiger partial charge in [-0.25, -0.2) is 4.79 Å². The van der Waals surface area contributed by atoms with Crippen LogP contribution in [0.4, 0.5) is 0 Å². The van der Waals surface area contributed by atoms with Crippen molar-refractivity contribution >= 4 is 33.4 Å². The van der Waals surface area contributed by atoms with Gasteiger partial charge in [-0.05, 0) is 0 Å². The van der Waals surface area contributed by atoms with Gasteiger partial charge in [-0.2, -0.15) is 0 Å². The van der Waals surface area contributed by atoms with Gasteiger partial charge in [0.1, 0.15) is 12.2 Å². The van der Waals surface area contributed by atoms with Gasteiger partial charge in [0.25, 0.3) is 0 Å². The Morgan fingerprint density at radius 3 is 3.00 bits per heavy atom. The van der Waals surface area contributed by atoms with Crippen molar-refractivity contribution in [1.82, 2.24) is 0 Å². The molecular weight excluding hydrogens is 282 g/mol. The van der Waals surface area contributed by atoms with Gasteiger partial charge in [-0.3, -0.25) is 4.79 Å². The number of aliphatic carboxylic acids is 1. The van der Waals surface area contributed by atoms with Gasteiger partial charge in [0.05, 0.1) is 4.83 Å². The van der Waals surface area contributed by atoms with Gasteiger partial charge < -0.3 is 14.7 Å². The van der Waals surface area contributed by atoms with Crippen LogP contribution in [0.25, 0.3) is 0 Å². The summed E-state index contributed by atoms with van der Waals surface area (Å²) in [7, 11) is 0. The highest BCUT2D eigenvalue weighted by Crippen LogP contribution is 2.49. The number of fused-ring (bicyclic) bond motifs is 2. The van der Waals surface area contributed by atoms with E-state index in [9.17, 15) is 9.59 Å². The summed E-state index contributed by atoms with van der Waals surface area (Å²) in [5, 5.41) is 12.4. The minimum absolute atomic E-state index is 0.00278. The number of carbonyl (C=O) groups excluding carboxylic acids is 1. The van der Waals surface area contributed by atoms with E-state index in [0.29, 0.717) is 6.42 Å². The first kappa shape index (κ1) is 10.2. The fourth-order valence-electron chi connectivity index (χ4n) is 2.30. The number of Topliss-reactive ketones (excluding diaryl/α,β-unsaturated/α-hetero) is 1. The molecule has 1 unspecified atom stereocenters. The number of carboxylic acids is 1. The van der Waals surface area contributed by atoms with Crippen LogP contribution in [0.1, 0.15) is 12.8 Å². The van der Waals surface area contributed by atoms with Gasteiger partial charge in [0.15, 0.2) is 17.1 Å². The molecule has 16 heavy (non-hydrogen) atoms. The molecule has 2 heterocycles. The van der Waals surface area contributed by atoms with Gasteiger partial charge >= 0.3 is 5.97 Å². The van der Waals surface area contributed by atoms with Crippen molar-refractivity contribution in [2.24, 2.45) is 5.16 Å². The van der Waals surface area contributed by atoms with Crippen molar-refractivity contribution in [2.75, 3.05) is 0 Å². The third-order valence-electron chi connectivity index (χ3n) is 3.18. The van der Waals surface area contributed by atoms with Crippen LogP contribution in [0.5, 0.6) is 0 Å². The molecule has 0 radical (unpaired) electrons. The Bertz CT molecular complexity index is 418. The van der Waals surface area contributed by atoms with Crippen molar-refractivity contribution in [3.63, 3.8) is 0 Å². The number of rotatable bonds is 1. The molecule has 2 aliphatic heterocycles. The van der Waals surface area contributed by atoms with E-state index in [1.165, 1.54) is 0 Å². The Hall–Kier alpha value is -0.950. The Morgan fingerprint density at radius 2 is 2.38 bits per heavy atom. The Kier molecular flexibility index (Phi) is 1.94. The minimum atomic E-state index is -1.09. The van der Waals surface area contributed by atoms with Crippen molar-refractivity contribution in [2.45, 2.75) is 35.5 Å². The quantitative estimate of drug-likeness (QED) is 0.546. The molecule has 1 N–H and O–H groups in total. The number of hydrogen-bond acceptors (Lipinski definition) is 5. The zero-order valence-electron chi connectivity index (χ0n) is 8.05. The molecule has 4 atom stereocenters. The fourth-order valence-corrected chi connectivity index (χ4v) is 3.11. The fraction of sp³-hybridized carbons (Fsp3) is 0.667. The smallest absolute Gasteiger partial charge is 0.353 e. The first-order valence-electron chi connectivity index (χ1n) is 4.85. The molecule has 6 nitrogen and oxygen atoms in total. The van der Waals surface area contributed by atoms with E-state index in [2.05, 4.69) is 21.1 Å².